The largest absolute Gasteiger partial charge is 0.355 e. The minimum Gasteiger partial charge on any atom is -0.355 e. The summed E-state index contributed by atoms with van der Waals surface area (Å²) < 4.78 is 0. The summed E-state index contributed by atoms with van der Waals surface area (Å²) in [7, 11) is 0. The Morgan fingerprint density at radius 2 is 2.05 bits per heavy atom. The number of piperazine rings is 1. The molecule has 1 saturated heterocycles. The minimum atomic E-state index is 0. The second kappa shape index (κ2) is 11.7. The first-order chi connectivity index (χ1) is 9.34. The van der Waals surface area contributed by atoms with Crippen LogP contribution in [0.15, 0.2) is 24.4 Å². The van der Waals surface area contributed by atoms with Crippen LogP contribution < -0.4 is 10.6 Å². The fourth-order valence-corrected chi connectivity index (χ4v) is 2.16. The first kappa shape index (κ1) is 20.1. The Labute approximate surface area is 138 Å². The van der Waals surface area contributed by atoms with Crippen molar-refractivity contribution >= 4 is 30.7 Å². The molecule has 120 valence electrons. The number of hydrogen-bond acceptors (Lipinski definition) is 4. The maximum atomic E-state index is 11.7. The van der Waals surface area contributed by atoms with Gasteiger partial charge in [0.05, 0.1) is 0 Å². The molecule has 0 unspecified atom stereocenters. The molecule has 0 radical (unpaired) electrons. The second-order valence-electron chi connectivity index (χ2n) is 4.76. The van der Waals surface area contributed by atoms with E-state index in [1.807, 2.05) is 18.2 Å². The lowest BCUT2D eigenvalue weighted by Gasteiger charge is -2.27. The van der Waals surface area contributed by atoms with Crippen molar-refractivity contribution in [3.63, 3.8) is 0 Å². The normalized spacial score (nSPS) is 14.7. The number of nitrogens with zero attached hydrogens (tertiary/aromatic N) is 2. The van der Waals surface area contributed by atoms with Gasteiger partial charge in [-0.2, -0.15) is 0 Å². The average Bonchev–Trinajstić information content (AvgIpc) is 2.47. The van der Waals surface area contributed by atoms with Crippen LogP contribution in [0.2, 0.25) is 0 Å². The predicted molar refractivity (Wildman–Crippen MR) is 89.4 cm³/mol. The van der Waals surface area contributed by atoms with Gasteiger partial charge in [0.25, 0.3) is 0 Å². The maximum Gasteiger partial charge on any atom is 0.220 e. The zero-order chi connectivity index (χ0) is 13.3. The summed E-state index contributed by atoms with van der Waals surface area (Å²) >= 11 is 0. The predicted octanol–water partition coefficient (Wildman–Crippen LogP) is 0.879. The third-order valence-corrected chi connectivity index (χ3v) is 3.29. The number of carbonyl (C=O) groups excluding carboxylic acids is 1. The van der Waals surface area contributed by atoms with Crippen LogP contribution in [0, 0.1) is 0 Å². The molecule has 21 heavy (non-hydrogen) atoms. The van der Waals surface area contributed by atoms with Crippen molar-refractivity contribution < 1.29 is 4.79 Å². The highest BCUT2D eigenvalue weighted by molar-refractivity contribution is 5.85. The fraction of sp³-hybridized carbons (Fsp3) is 0.571. The zero-order valence-corrected chi connectivity index (χ0v) is 13.7. The van der Waals surface area contributed by atoms with Crippen LogP contribution in [0.1, 0.15) is 12.1 Å². The molecule has 0 spiro atoms. The first-order valence-electron chi connectivity index (χ1n) is 6.94. The Balaban J connectivity index is 0.00000200. The van der Waals surface area contributed by atoms with Gasteiger partial charge in [0.15, 0.2) is 0 Å². The summed E-state index contributed by atoms with van der Waals surface area (Å²) in [4.78, 5) is 18.3. The standard InChI is InChI=1S/C14H22N4O.2ClH/c19-14(5-4-13-3-1-2-6-16-13)17-9-12-18-10-7-15-8-11-18;;/h1-3,6,15H,4-5,7-12H2,(H,17,19);2*1H. The van der Waals surface area contributed by atoms with Crippen molar-refractivity contribution in [1.29, 1.82) is 0 Å². The van der Waals surface area contributed by atoms with Gasteiger partial charge in [-0.15, -0.1) is 24.8 Å². The molecule has 7 heteroatoms. The van der Waals surface area contributed by atoms with Crippen LogP contribution >= 0.6 is 24.8 Å². The van der Waals surface area contributed by atoms with Crippen LogP contribution in [0.25, 0.3) is 0 Å². The highest BCUT2D eigenvalue weighted by atomic mass is 35.5. The summed E-state index contributed by atoms with van der Waals surface area (Å²) in [6, 6.07) is 5.79. The lowest BCUT2D eigenvalue weighted by molar-refractivity contribution is -0.121. The summed E-state index contributed by atoms with van der Waals surface area (Å²) in [6.07, 6.45) is 2.98. The van der Waals surface area contributed by atoms with Gasteiger partial charge in [-0.25, -0.2) is 0 Å². The number of amides is 1. The molecular weight excluding hydrogens is 311 g/mol. The highest BCUT2D eigenvalue weighted by Crippen LogP contribution is 1.98. The molecule has 1 amide bonds. The average molecular weight is 335 g/mol. The van der Waals surface area contributed by atoms with Crippen molar-refractivity contribution in [2.75, 3.05) is 39.3 Å². The minimum absolute atomic E-state index is 0. The number of aromatic nitrogens is 1. The van der Waals surface area contributed by atoms with Crippen LogP contribution in [0.5, 0.6) is 0 Å². The van der Waals surface area contributed by atoms with Gasteiger partial charge >= 0.3 is 0 Å². The first-order valence-corrected chi connectivity index (χ1v) is 6.94. The molecule has 2 N–H and O–H groups in total. The van der Waals surface area contributed by atoms with Crippen molar-refractivity contribution in [1.82, 2.24) is 20.5 Å². The topological polar surface area (TPSA) is 57.3 Å². The Morgan fingerprint density at radius 1 is 1.29 bits per heavy atom. The summed E-state index contributed by atoms with van der Waals surface area (Å²) in [6.45, 7) is 5.92. The van der Waals surface area contributed by atoms with E-state index >= 15 is 0 Å². The molecule has 1 aromatic rings. The molecule has 2 rings (SSSR count). The van der Waals surface area contributed by atoms with Gasteiger partial charge in [-0.1, -0.05) is 6.07 Å². The zero-order valence-electron chi connectivity index (χ0n) is 12.1. The Kier molecular flexibility index (Phi) is 11.3. The molecule has 0 saturated carbocycles. The van der Waals surface area contributed by atoms with Crippen molar-refractivity contribution in [2.45, 2.75) is 12.8 Å². The third-order valence-electron chi connectivity index (χ3n) is 3.29. The van der Waals surface area contributed by atoms with E-state index in [1.165, 1.54) is 0 Å². The van der Waals surface area contributed by atoms with Gasteiger partial charge < -0.3 is 10.6 Å². The number of halogens is 2. The van der Waals surface area contributed by atoms with Crippen molar-refractivity contribution in [3.05, 3.63) is 30.1 Å². The van der Waals surface area contributed by atoms with Crippen molar-refractivity contribution in [2.24, 2.45) is 0 Å². The van der Waals surface area contributed by atoms with Crippen LogP contribution in [-0.2, 0) is 11.2 Å². The Hall–Kier alpha value is -0.880. The molecular formula is C14H24Cl2N4O. The van der Waals surface area contributed by atoms with E-state index in [2.05, 4.69) is 20.5 Å². The lowest BCUT2D eigenvalue weighted by Crippen LogP contribution is -2.46. The number of carbonyl (C=O) groups is 1. The van der Waals surface area contributed by atoms with Gasteiger partial charge in [-0.05, 0) is 18.6 Å². The monoisotopic (exact) mass is 334 g/mol. The molecule has 0 aromatic carbocycles. The van der Waals surface area contributed by atoms with E-state index in [-0.39, 0.29) is 30.7 Å². The van der Waals surface area contributed by atoms with Gasteiger partial charge in [0.2, 0.25) is 5.91 Å². The third kappa shape index (κ3) is 8.21. The van der Waals surface area contributed by atoms with E-state index in [4.69, 9.17) is 0 Å². The summed E-state index contributed by atoms with van der Waals surface area (Å²) in [5.74, 6) is 0.112. The lowest BCUT2D eigenvalue weighted by atomic mass is 10.2. The van der Waals surface area contributed by atoms with E-state index in [0.717, 1.165) is 45.0 Å². The molecule has 1 fully saturated rings. The molecule has 0 atom stereocenters. The number of nitrogens with one attached hydrogen (secondary N) is 2. The van der Waals surface area contributed by atoms with E-state index in [9.17, 15) is 4.79 Å². The number of aryl methyl sites for hydroxylation is 1. The quantitative estimate of drug-likeness (QED) is 0.810. The smallest absolute Gasteiger partial charge is 0.220 e. The summed E-state index contributed by atoms with van der Waals surface area (Å²) in [5.41, 5.74) is 0.972. The second-order valence-corrected chi connectivity index (χ2v) is 4.76. The molecule has 1 aromatic heterocycles. The number of rotatable bonds is 6. The number of pyridine rings is 1. The molecule has 0 aliphatic carbocycles. The molecule has 1 aliphatic heterocycles. The SMILES string of the molecule is Cl.Cl.O=C(CCc1ccccn1)NCCN1CCNCC1. The Bertz CT molecular complexity index is 386. The van der Waals surface area contributed by atoms with Crippen LogP contribution in [0.3, 0.4) is 0 Å². The molecule has 1 aliphatic rings. The molecule has 5 nitrogen and oxygen atoms in total. The van der Waals surface area contributed by atoms with E-state index in [1.54, 1.807) is 6.20 Å². The van der Waals surface area contributed by atoms with Gasteiger partial charge in [0.1, 0.15) is 0 Å². The van der Waals surface area contributed by atoms with E-state index < -0.39 is 0 Å². The number of hydrogen-bond donors (Lipinski definition) is 2. The fourth-order valence-electron chi connectivity index (χ4n) is 2.16. The summed E-state index contributed by atoms with van der Waals surface area (Å²) in [5, 5.41) is 6.29. The van der Waals surface area contributed by atoms with Gasteiger partial charge in [0, 0.05) is 57.6 Å². The Morgan fingerprint density at radius 3 is 2.71 bits per heavy atom. The van der Waals surface area contributed by atoms with Crippen LogP contribution in [-0.4, -0.2) is 55.1 Å². The van der Waals surface area contributed by atoms with Gasteiger partial charge in [-0.3, -0.25) is 14.7 Å². The van der Waals surface area contributed by atoms with Crippen LogP contribution in [0.4, 0.5) is 0 Å². The molecule has 2 heterocycles. The van der Waals surface area contributed by atoms with E-state index in [0.29, 0.717) is 12.8 Å². The highest BCUT2D eigenvalue weighted by Gasteiger charge is 2.09. The molecule has 0 bridgehead atoms. The van der Waals surface area contributed by atoms with Crippen molar-refractivity contribution in [3.8, 4) is 0 Å². The maximum absolute atomic E-state index is 11.7.